The van der Waals surface area contributed by atoms with Crippen LogP contribution in [0, 0.1) is 0 Å². The minimum atomic E-state index is -3.12. The number of hydrogen-bond acceptors (Lipinski definition) is 6. The molecule has 3 N–H and O–H groups in total. The van der Waals surface area contributed by atoms with Gasteiger partial charge in [0, 0.05) is 6.54 Å². The molecule has 110 valence electrons. The second-order valence-corrected chi connectivity index (χ2v) is 7.09. The minimum Gasteiger partial charge on any atom is -0.310 e. The molecule has 2 heterocycles. The van der Waals surface area contributed by atoms with Gasteiger partial charge in [-0.05, 0) is 24.4 Å². The molecule has 0 atom stereocenters. The van der Waals surface area contributed by atoms with Gasteiger partial charge in [0.25, 0.3) is 5.56 Å². The number of nitrogens with one attached hydrogen (secondary N) is 3. The van der Waals surface area contributed by atoms with Crippen LogP contribution in [0.25, 0.3) is 10.2 Å². The van der Waals surface area contributed by atoms with Gasteiger partial charge in [-0.3, -0.25) is 4.79 Å². The second-order valence-electron chi connectivity index (χ2n) is 4.34. The van der Waals surface area contributed by atoms with E-state index in [1.807, 2.05) is 11.4 Å². The summed E-state index contributed by atoms with van der Waals surface area (Å²) >= 11 is 1.37. The van der Waals surface area contributed by atoms with Crippen molar-refractivity contribution >= 4 is 31.6 Å². The van der Waals surface area contributed by atoms with Crippen LogP contribution < -0.4 is 15.6 Å². The van der Waals surface area contributed by atoms with Gasteiger partial charge >= 0.3 is 0 Å². The van der Waals surface area contributed by atoms with Crippen LogP contribution in [0.1, 0.15) is 12.2 Å². The molecule has 9 heteroatoms. The van der Waals surface area contributed by atoms with Crippen LogP contribution in [-0.2, 0) is 16.6 Å². The lowest BCUT2D eigenvalue weighted by molar-refractivity contribution is 0.577. The first-order chi connectivity index (χ1) is 9.46. The smallest absolute Gasteiger partial charge is 0.268 e. The molecule has 0 aromatic carbocycles. The first kappa shape index (κ1) is 15.1. The standard InChI is InChI=1S/C11H16N4O3S2/c1-20(17,18)13-5-2-4-12-7-9-14-8-3-6-19-10(8)11(16)15-9/h3,6,12-13H,2,4-5,7H2,1H3,(H,14,15,16). The first-order valence-electron chi connectivity index (χ1n) is 6.07. The summed E-state index contributed by atoms with van der Waals surface area (Å²) in [4.78, 5) is 18.8. The number of rotatable bonds is 7. The minimum absolute atomic E-state index is 0.124. The topological polar surface area (TPSA) is 104 Å². The second kappa shape index (κ2) is 6.44. The third-order valence-electron chi connectivity index (χ3n) is 2.55. The predicted octanol–water partition coefficient (Wildman–Crippen LogP) is 0.0135. The third-order valence-corrected chi connectivity index (χ3v) is 4.18. The van der Waals surface area contributed by atoms with Crippen LogP contribution in [0.4, 0.5) is 0 Å². The maximum Gasteiger partial charge on any atom is 0.268 e. The van der Waals surface area contributed by atoms with Gasteiger partial charge in [0.1, 0.15) is 10.5 Å². The van der Waals surface area contributed by atoms with Gasteiger partial charge < -0.3 is 10.3 Å². The van der Waals surface area contributed by atoms with Gasteiger partial charge in [-0.15, -0.1) is 11.3 Å². The molecule has 0 aliphatic rings. The molecule has 0 radical (unpaired) electrons. The Kier molecular flexibility index (Phi) is 4.86. The van der Waals surface area contributed by atoms with Gasteiger partial charge in [0.2, 0.25) is 10.0 Å². The molecule has 20 heavy (non-hydrogen) atoms. The monoisotopic (exact) mass is 316 g/mol. The van der Waals surface area contributed by atoms with Crippen LogP contribution in [0.2, 0.25) is 0 Å². The average Bonchev–Trinajstić information content (AvgIpc) is 2.81. The Hall–Kier alpha value is -1.29. The van der Waals surface area contributed by atoms with E-state index in [4.69, 9.17) is 0 Å². The summed E-state index contributed by atoms with van der Waals surface area (Å²) in [6.45, 7) is 1.47. The zero-order valence-corrected chi connectivity index (χ0v) is 12.6. The lowest BCUT2D eigenvalue weighted by atomic mass is 10.4. The summed E-state index contributed by atoms with van der Waals surface area (Å²) in [7, 11) is -3.12. The quantitative estimate of drug-likeness (QED) is 0.624. The molecule has 0 fully saturated rings. The number of nitrogens with zero attached hydrogens (tertiary/aromatic N) is 1. The molecule has 2 aromatic heterocycles. The van der Waals surface area contributed by atoms with Crippen LogP contribution in [0.3, 0.4) is 0 Å². The van der Waals surface area contributed by atoms with Crippen molar-refractivity contribution in [2.45, 2.75) is 13.0 Å². The zero-order chi connectivity index (χ0) is 14.6. The van der Waals surface area contributed by atoms with Crippen LogP contribution in [0.5, 0.6) is 0 Å². The number of thiophene rings is 1. The van der Waals surface area contributed by atoms with Crippen molar-refractivity contribution in [1.82, 2.24) is 20.0 Å². The summed E-state index contributed by atoms with van der Waals surface area (Å²) in [5.41, 5.74) is 0.579. The summed E-state index contributed by atoms with van der Waals surface area (Å²) < 4.78 is 24.7. The van der Waals surface area contributed by atoms with E-state index in [1.54, 1.807) is 0 Å². The summed E-state index contributed by atoms with van der Waals surface area (Å²) in [5.74, 6) is 0.581. The van der Waals surface area contributed by atoms with Gasteiger partial charge in [0.15, 0.2) is 0 Å². The van der Waals surface area contributed by atoms with Crippen molar-refractivity contribution in [3.63, 3.8) is 0 Å². The first-order valence-corrected chi connectivity index (χ1v) is 8.84. The molecular weight excluding hydrogens is 300 g/mol. The molecule has 0 saturated carbocycles. The van der Waals surface area contributed by atoms with Crippen LogP contribution in [-0.4, -0.2) is 37.7 Å². The Bertz CT molecular complexity index is 735. The van der Waals surface area contributed by atoms with Crippen molar-refractivity contribution in [2.75, 3.05) is 19.3 Å². The SMILES string of the molecule is CS(=O)(=O)NCCCNCc1nc2ccsc2c(=O)[nH]1. The van der Waals surface area contributed by atoms with Crippen molar-refractivity contribution in [1.29, 1.82) is 0 Å². The maximum atomic E-state index is 11.7. The number of sulfonamides is 1. The average molecular weight is 316 g/mol. The summed E-state index contributed by atoms with van der Waals surface area (Å²) in [6.07, 6.45) is 1.79. The maximum absolute atomic E-state index is 11.7. The molecular formula is C11H16N4O3S2. The molecule has 0 bridgehead atoms. The summed E-state index contributed by atoms with van der Waals surface area (Å²) in [6, 6.07) is 1.81. The Labute approximate surface area is 120 Å². The van der Waals surface area contributed by atoms with E-state index >= 15 is 0 Å². The molecule has 2 rings (SSSR count). The van der Waals surface area contributed by atoms with Gasteiger partial charge in [-0.25, -0.2) is 18.1 Å². The number of fused-ring (bicyclic) bond motifs is 1. The Morgan fingerprint density at radius 3 is 2.95 bits per heavy atom. The summed E-state index contributed by atoms with van der Waals surface area (Å²) in [5, 5.41) is 4.94. The number of H-pyrrole nitrogens is 1. The van der Waals surface area contributed by atoms with E-state index in [2.05, 4.69) is 20.0 Å². The lowest BCUT2D eigenvalue weighted by Gasteiger charge is -2.05. The largest absolute Gasteiger partial charge is 0.310 e. The van der Waals surface area contributed by atoms with E-state index in [0.29, 0.717) is 42.1 Å². The highest BCUT2D eigenvalue weighted by Gasteiger charge is 2.04. The van der Waals surface area contributed by atoms with Crippen molar-refractivity contribution in [3.8, 4) is 0 Å². The lowest BCUT2D eigenvalue weighted by Crippen LogP contribution is -2.26. The molecule has 2 aromatic rings. The molecule has 0 aliphatic carbocycles. The number of hydrogen-bond donors (Lipinski definition) is 3. The van der Waals surface area contributed by atoms with Crippen LogP contribution in [0.15, 0.2) is 16.2 Å². The highest BCUT2D eigenvalue weighted by molar-refractivity contribution is 7.88. The van der Waals surface area contributed by atoms with E-state index in [9.17, 15) is 13.2 Å². The zero-order valence-electron chi connectivity index (χ0n) is 11.0. The fraction of sp³-hybridized carbons (Fsp3) is 0.455. The molecule has 0 saturated heterocycles. The third kappa shape index (κ3) is 4.37. The fourth-order valence-electron chi connectivity index (χ4n) is 1.68. The number of aromatic amines is 1. The Morgan fingerprint density at radius 2 is 2.20 bits per heavy atom. The van der Waals surface area contributed by atoms with E-state index in [1.165, 1.54) is 11.3 Å². The molecule has 0 aliphatic heterocycles. The van der Waals surface area contributed by atoms with Crippen molar-refractivity contribution in [2.24, 2.45) is 0 Å². The number of aromatic nitrogens is 2. The van der Waals surface area contributed by atoms with Gasteiger partial charge in [-0.2, -0.15) is 0 Å². The Balaban J connectivity index is 1.80. The normalized spacial score (nSPS) is 12.1. The van der Waals surface area contributed by atoms with Crippen molar-refractivity contribution < 1.29 is 8.42 Å². The molecule has 7 nitrogen and oxygen atoms in total. The highest BCUT2D eigenvalue weighted by Crippen LogP contribution is 2.13. The van der Waals surface area contributed by atoms with Gasteiger partial charge in [0.05, 0.1) is 18.3 Å². The van der Waals surface area contributed by atoms with E-state index in [-0.39, 0.29) is 5.56 Å². The van der Waals surface area contributed by atoms with Gasteiger partial charge in [-0.1, -0.05) is 0 Å². The Morgan fingerprint density at radius 1 is 1.40 bits per heavy atom. The van der Waals surface area contributed by atoms with E-state index < -0.39 is 10.0 Å². The van der Waals surface area contributed by atoms with Crippen LogP contribution >= 0.6 is 11.3 Å². The fourth-order valence-corrected chi connectivity index (χ4v) is 2.92. The molecule has 0 unspecified atom stereocenters. The highest BCUT2D eigenvalue weighted by atomic mass is 32.2. The van der Waals surface area contributed by atoms with E-state index in [0.717, 1.165) is 6.26 Å². The molecule has 0 amide bonds. The molecule has 0 spiro atoms. The van der Waals surface area contributed by atoms with Crippen molar-refractivity contribution in [3.05, 3.63) is 27.6 Å². The predicted molar refractivity (Wildman–Crippen MR) is 79.4 cm³/mol.